The van der Waals surface area contributed by atoms with E-state index in [0.29, 0.717) is 17.8 Å². The van der Waals surface area contributed by atoms with Gasteiger partial charge in [-0.05, 0) is 37.8 Å². The number of fused-ring (bicyclic) bond motifs is 1. The third-order valence-electron chi connectivity index (χ3n) is 5.90. The van der Waals surface area contributed by atoms with Gasteiger partial charge in [-0.15, -0.1) is 11.8 Å². The summed E-state index contributed by atoms with van der Waals surface area (Å²) in [5.41, 5.74) is 1.98. The van der Waals surface area contributed by atoms with E-state index >= 15 is 0 Å². The Labute approximate surface area is 165 Å². The van der Waals surface area contributed by atoms with Gasteiger partial charge in [0.2, 0.25) is 5.91 Å². The van der Waals surface area contributed by atoms with Crippen molar-refractivity contribution in [2.24, 2.45) is 0 Å². The molecule has 0 spiro atoms. The summed E-state index contributed by atoms with van der Waals surface area (Å²) in [4.78, 5) is 21.7. The SMILES string of the molecule is O=C(CSCc1nc2cccnc2n1C1CCCCC1)NC1CCCCC1. The molecule has 5 nitrogen and oxygen atoms in total. The number of nitrogens with zero attached hydrogens (tertiary/aromatic N) is 3. The van der Waals surface area contributed by atoms with Gasteiger partial charge in [0.05, 0.1) is 11.5 Å². The van der Waals surface area contributed by atoms with E-state index in [9.17, 15) is 4.79 Å². The van der Waals surface area contributed by atoms with Crippen LogP contribution in [0.3, 0.4) is 0 Å². The highest BCUT2D eigenvalue weighted by Crippen LogP contribution is 2.32. The van der Waals surface area contributed by atoms with E-state index in [4.69, 9.17) is 4.98 Å². The fourth-order valence-corrected chi connectivity index (χ4v) is 5.31. The van der Waals surface area contributed by atoms with Gasteiger partial charge < -0.3 is 9.88 Å². The Balaban J connectivity index is 1.40. The smallest absolute Gasteiger partial charge is 0.230 e. The normalized spacial score (nSPS) is 19.4. The first-order valence-electron chi connectivity index (χ1n) is 10.5. The second kappa shape index (κ2) is 9.09. The van der Waals surface area contributed by atoms with Gasteiger partial charge in [-0.3, -0.25) is 4.79 Å². The highest BCUT2D eigenvalue weighted by molar-refractivity contribution is 7.99. The molecule has 6 heteroatoms. The van der Waals surface area contributed by atoms with Crippen molar-refractivity contribution in [3.05, 3.63) is 24.2 Å². The predicted octanol–water partition coefficient (Wildman–Crippen LogP) is 4.62. The molecule has 2 fully saturated rings. The maximum Gasteiger partial charge on any atom is 0.230 e. The lowest BCUT2D eigenvalue weighted by molar-refractivity contribution is -0.119. The summed E-state index contributed by atoms with van der Waals surface area (Å²) in [5.74, 6) is 2.53. The lowest BCUT2D eigenvalue weighted by Gasteiger charge is -2.25. The second-order valence-corrected chi connectivity index (χ2v) is 8.92. The number of carbonyl (C=O) groups excluding carboxylic acids is 1. The van der Waals surface area contributed by atoms with Crippen LogP contribution in [-0.2, 0) is 10.5 Å². The molecule has 2 aromatic rings. The van der Waals surface area contributed by atoms with Gasteiger partial charge in [0.15, 0.2) is 5.65 Å². The van der Waals surface area contributed by atoms with Crippen LogP contribution in [0.5, 0.6) is 0 Å². The molecule has 4 rings (SSSR count). The minimum absolute atomic E-state index is 0.172. The van der Waals surface area contributed by atoms with Gasteiger partial charge in [0, 0.05) is 18.3 Å². The quantitative estimate of drug-likeness (QED) is 0.787. The van der Waals surface area contributed by atoms with Crippen LogP contribution < -0.4 is 5.32 Å². The number of pyridine rings is 1. The summed E-state index contributed by atoms with van der Waals surface area (Å²) in [7, 11) is 0. The Hall–Kier alpha value is -1.56. The molecule has 2 saturated carbocycles. The fraction of sp³-hybridized carbons (Fsp3) is 0.667. The maximum atomic E-state index is 12.3. The van der Waals surface area contributed by atoms with Crippen LogP contribution in [0.4, 0.5) is 0 Å². The van der Waals surface area contributed by atoms with Crippen molar-refractivity contribution in [2.45, 2.75) is 82.0 Å². The number of rotatable bonds is 6. The zero-order chi connectivity index (χ0) is 18.5. The zero-order valence-corrected chi connectivity index (χ0v) is 16.8. The molecule has 1 N–H and O–H groups in total. The minimum atomic E-state index is 0.172. The first kappa shape index (κ1) is 18.8. The molecule has 0 radical (unpaired) electrons. The van der Waals surface area contributed by atoms with Crippen LogP contribution in [-0.4, -0.2) is 32.2 Å². The Kier molecular flexibility index (Phi) is 6.32. The van der Waals surface area contributed by atoms with Gasteiger partial charge in [-0.25, -0.2) is 9.97 Å². The largest absolute Gasteiger partial charge is 0.353 e. The van der Waals surface area contributed by atoms with Crippen LogP contribution in [0, 0.1) is 0 Å². The average Bonchev–Trinajstić information content (AvgIpc) is 3.07. The Morgan fingerprint density at radius 1 is 1.11 bits per heavy atom. The van der Waals surface area contributed by atoms with E-state index in [1.54, 1.807) is 11.8 Å². The predicted molar refractivity (Wildman–Crippen MR) is 111 cm³/mol. The molecule has 0 aliphatic heterocycles. The van der Waals surface area contributed by atoms with Crippen LogP contribution in [0.25, 0.3) is 11.2 Å². The van der Waals surface area contributed by atoms with Crippen molar-refractivity contribution in [3.8, 4) is 0 Å². The summed E-state index contributed by atoms with van der Waals surface area (Å²) in [5, 5.41) is 3.21. The first-order chi connectivity index (χ1) is 13.3. The number of hydrogen-bond acceptors (Lipinski definition) is 4. The van der Waals surface area contributed by atoms with Crippen molar-refractivity contribution in [1.82, 2.24) is 19.9 Å². The zero-order valence-electron chi connectivity index (χ0n) is 16.0. The van der Waals surface area contributed by atoms with Gasteiger partial charge in [0.1, 0.15) is 11.3 Å². The molecule has 0 saturated heterocycles. The highest BCUT2D eigenvalue weighted by Gasteiger charge is 2.22. The van der Waals surface area contributed by atoms with Crippen molar-refractivity contribution in [2.75, 3.05) is 5.75 Å². The summed E-state index contributed by atoms with van der Waals surface area (Å²) in [6.07, 6.45) is 14.3. The molecule has 0 bridgehead atoms. The Morgan fingerprint density at radius 2 is 1.85 bits per heavy atom. The monoisotopic (exact) mass is 386 g/mol. The van der Waals surface area contributed by atoms with E-state index in [0.717, 1.165) is 35.6 Å². The van der Waals surface area contributed by atoms with Gasteiger partial charge >= 0.3 is 0 Å². The molecule has 1 amide bonds. The number of carbonyl (C=O) groups is 1. The third kappa shape index (κ3) is 4.65. The number of imidazole rings is 1. The second-order valence-electron chi connectivity index (χ2n) is 7.93. The Morgan fingerprint density at radius 3 is 2.63 bits per heavy atom. The molecular formula is C21H30N4OS. The summed E-state index contributed by atoms with van der Waals surface area (Å²) in [6, 6.07) is 4.90. The van der Waals surface area contributed by atoms with Gasteiger partial charge in [-0.1, -0.05) is 38.5 Å². The standard InChI is InChI=1S/C21H30N4OS/c26-20(23-16-8-3-1-4-9-16)15-27-14-19-24-18-12-7-13-22-21(18)25(19)17-10-5-2-6-11-17/h7,12-13,16-17H,1-6,8-11,14-15H2,(H,23,26). The Bertz CT molecular complexity index is 763. The number of nitrogens with one attached hydrogen (secondary N) is 1. The molecule has 0 aromatic carbocycles. The van der Waals surface area contributed by atoms with Crippen molar-refractivity contribution in [3.63, 3.8) is 0 Å². The van der Waals surface area contributed by atoms with Crippen LogP contribution in [0.2, 0.25) is 0 Å². The lowest BCUT2D eigenvalue weighted by Crippen LogP contribution is -2.37. The molecule has 0 atom stereocenters. The summed E-state index contributed by atoms with van der Waals surface area (Å²) >= 11 is 1.67. The summed E-state index contributed by atoms with van der Waals surface area (Å²) in [6.45, 7) is 0. The minimum Gasteiger partial charge on any atom is -0.353 e. The van der Waals surface area contributed by atoms with Crippen LogP contribution in [0.15, 0.2) is 18.3 Å². The highest BCUT2D eigenvalue weighted by atomic mass is 32.2. The molecule has 2 aromatic heterocycles. The van der Waals surface area contributed by atoms with E-state index in [1.165, 1.54) is 51.4 Å². The molecule has 146 valence electrons. The number of aromatic nitrogens is 3. The average molecular weight is 387 g/mol. The summed E-state index contributed by atoms with van der Waals surface area (Å²) < 4.78 is 2.36. The number of amides is 1. The number of thioether (sulfide) groups is 1. The first-order valence-corrected chi connectivity index (χ1v) is 11.7. The topological polar surface area (TPSA) is 59.8 Å². The molecule has 27 heavy (non-hydrogen) atoms. The van der Waals surface area contributed by atoms with Crippen molar-refractivity contribution < 1.29 is 4.79 Å². The molecular weight excluding hydrogens is 356 g/mol. The van der Waals surface area contributed by atoms with E-state index < -0.39 is 0 Å². The van der Waals surface area contributed by atoms with E-state index in [1.807, 2.05) is 18.3 Å². The molecule has 0 unspecified atom stereocenters. The van der Waals surface area contributed by atoms with E-state index in [-0.39, 0.29) is 5.91 Å². The van der Waals surface area contributed by atoms with Crippen LogP contribution >= 0.6 is 11.8 Å². The van der Waals surface area contributed by atoms with Crippen molar-refractivity contribution >= 4 is 28.8 Å². The molecule has 2 aliphatic carbocycles. The van der Waals surface area contributed by atoms with Gasteiger partial charge in [0.25, 0.3) is 0 Å². The lowest BCUT2D eigenvalue weighted by atomic mass is 9.95. The third-order valence-corrected chi connectivity index (χ3v) is 6.82. The molecule has 2 heterocycles. The number of hydrogen-bond donors (Lipinski definition) is 1. The maximum absolute atomic E-state index is 12.3. The van der Waals surface area contributed by atoms with Crippen molar-refractivity contribution in [1.29, 1.82) is 0 Å². The molecule has 2 aliphatic rings. The van der Waals surface area contributed by atoms with Gasteiger partial charge in [-0.2, -0.15) is 0 Å². The van der Waals surface area contributed by atoms with E-state index in [2.05, 4.69) is 14.9 Å². The fourth-order valence-electron chi connectivity index (χ4n) is 4.55. The van der Waals surface area contributed by atoms with Crippen LogP contribution in [0.1, 0.15) is 76.1 Å².